The predicted octanol–water partition coefficient (Wildman–Crippen LogP) is 3.46. The topological polar surface area (TPSA) is 61.9 Å². The molecule has 0 saturated carbocycles. The molecule has 3 heterocycles. The van der Waals surface area contributed by atoms with Crippen molar-refractivity contribution in [1.82, 2.24) is 20.1 Å². The minimum absolute atomic E-state index is 0.0961. The third kappa shape index (κ3) is 3.00. The molecule has 0 spiro atoms. The second-order valence-corrected chi connectivity index (χ2v) is 6.27. The van der Waals surface area contributed by atoms with Crippen LogP contribution < -0.4 is 0 Å². The molecule has 5 nitrogen and oxygen atoms in total. The maximum absolute atomic E-state index is 13.2. The van der Waals surface area contributed by atoms with E-state index in [2.05, 4.69) is 15.2 Å². The number of carbonyl (C=O) groups is 1. The van der Waals surface area contributed by atoms with E-state index in [-0.39, 0.29) is 11.7 Å². The number of aromatic nitrogens is 3. The maximum atomic E-state index is 13.2. The van der Waals surface area contributed by atoms with Gasteiger partial charge in [0.25, 0.3) is 5.91 Å². The van der Waals surface area contributed by atoms with Crippen LogP contribution in [0.3, 0.4) is 0 Å². The van der Waals surface area contributed by atoms with Gasteiger partial charge >= 0.3 is 0 Å². The smallest absolute Gasteiger partial charge is 0.254 e. The van der Waals surface area contributed by atoms with E-state index in [9.17, 15) is 9.18 Å². The second kappa shape index (κ2) is 6.29. The summed E-state index contributed by atoms with van der Waals surface area (Å²) in [7, 11) is 0. The summed E-state index contributed by atoms with van der Waals surface area (Å²) in [5.41, 5.74) is 4.05. The molecule has 3 aromatic rings. The van der Waals surface area contributed by atoms with E-state index in [1.807, 2.05) is 0 Å². The van der Waals surface area contributed by atoms with E-state index in [4.69, 9.17) is 11.6 Å². The molecule has 25 heavy (non-hydrogen) atoms. The highest BCUT2D eigenvalue weighted by Gasteiger charge is 2.26. The predicted molar refractivity (Wildman–Crippen MR) is 91.7 cm³/mol. The fourth-order valence-electron chi connectivity index (χ4n) is 3.03. The molecule has 1 amide bonds. The molecule has 0 aliphatic carbocycles. The van der Waals surface area contributed by atoms with E-state index in [0.717, 1.165) is 22.5 Å². The zero-order chi connectivity index (χ0) is 17.4. The first-order valence-corrected chi connectivity index (χ1v) is 8.22. The molecule has 1 N–H and O–H groups in total. The van der Waals surface area contributed by atoms with Gasteiger partial charge in [-0.25, -0.2) is 9.37 Å². The van der Waals surface area contributed by atoms with Crippen molar-refractivity contribution < 1.29 is 9.18 Å². The minimum Gasteiger partial charge on any atom is -0.334 e. The fourth-order valence-corrected chi connectivity index (χ4v) is 3.21. The summed E-state index contributed by atoms with van der Waals surface area (Å²) in [4.78, 5) is 18.4. The van der Waals surface area contributed by atoms with Crippen LogP contribution in [0.5, 0.6) is 0 Å². The van der Waals surface area contributed by atoms with Crippen LogP contribution >= 0.6 is 11.6 Å². The molecule has 7 heteroatoms. The number of pyridine rings is 1. The molecule has 0 radical (unpaired) electrons. The zero-order valence-corrected chi connectivity index (χ0v) is 13.9. The summed E-state index contributed by atoms with van der Waals surface area (Å²) in [5.74, 6) is -0.388. The number of nitrogens with zero attached hydrogens (tertiary/aromatic N) is 3. The lowest BCUT2D eigenvalue weighted by Gasteiger charge is -2.27. The number of rotatable bonds is 2. The van der Waals surface area contributed by atoms with Gasteiger partial charge < -0.3 is 4.90 Å². The Balaban J connectivity index is 1.63. The summed E-state index contributed by atoms with van der Waals surface area (Å²) in [6, 6.07) is 9.41. The molecule has 0 fully saturated rings. The van der Waals surface area contributed by atoms with Crippen LogP contribution in [0.2, 0.25) is 5.15 Å². The number of aromatic amines is 1. The van der Waals surface area contributed by atoms with Crippen LogP contribution in [0.1, 0.15) is 21.6 Å². The Morgan fingerprint density at radius 1 is 1.24 bits per heavy atom. The first-order chi connectivity index (χ1) is 12.1. The standard InChI is InChI=1S/C18H14ClFN4O/c19-16-9-12(5-7-21-16)18(25)24-8-6-15-14(10-24)17(23-22-15)11-1-3-13(20)4-2-11/h1-5,7,9H,6,8,10H2,(H,22,23). The highest BCUT2D eigenvalue weighted by molar-refractivity contribution is 6.29. The summed E-state index contributed by atoms with van der Waals surface area (Å²) in [5, 5.41) is 7.69. The van der Waals surface area contributed by atoms with Crippen LogP contribution in [-0.2, 0) is 13.0 Å². The van der Waals surface area contributed by atoms with Gasteiger partial charge in [0.2, 0.25) is 0 Å². The Morgan fingerprint density at radius 3 is 2.80 bits per heavy atom. The van der Waals surface area contributed by atoms with Gasteiger partial charge in [-0.05, 0) is 36.4 Å². The monoisotopic (exact) mass is 356 g/mol. The van der Waals surface area contributed by atoms with Gasteiger partial charge in [-0.1, -0.05) is 11.6 Å². The highest BCUT2D eigenvalue weighted by Crippen LogP contribution is 2.29. The highest BCUT2D eigenvalue weighted by atomic mass is 35.5. The zero-order valence-electron chi connectivity index (χ0n) is 13.2. The average Bonchev–Trinajstić information content (AvgIpc) is 3.05. The Morgan fingerprint density at radius 2 is 2.04 bits per heavy atom. The minimum atomic E-state index is -0.292. The number of hydrogen-bond acceptors (Lipinski definition) is 3. The molecule has 0 bridgehead atoms. The number of halogens is 2. The van der Waals surface area contributed by atoms with Gasteiger partial charge in [0.05, 0.1) is 5.69 Å². The van der Waals surface area contributed by atoms with E-state index in [1.165, 1.54) is 18.3 Å². The molecule has 0 atom stereocenters. The molecule has 1 aromatic carbocycles. The van der Waals surface area contributed by atoms with E-state index in [0.29, 0.717) is 30.2 Å². The average molecular weight is 357 g/mol. The van der Waals surface area contributed by atoms with Crippen molar-refractivity contribution in [2.24, 2.45) is 0 Å². The first kappa shape index (κ1) is 15.8. The van der Waals surface area contributed by atoms with Crippen molar-refractivity contribution >= 4 is 17.5 Å². The van der Waals surface area contributed by atoms with E-state index >= 15 is 0 Å². The molecular formula is C18H14ClFN4O. The normalized spacial score (nSPS) is 13.6. The summed E-state index contributed by atoms with van der Waals surface area (Å²) in [6.45, 7) is 1.04. The number of nitrogens with one attached hydrogen (secondary N) is 1. The third-order valence-corrected chi connectivity index (χ3v) is 4.52. The van der Waals surface area contributed by atoms with Gasteiger partial charge in [-0.2, -0.15) is 5.10 Å². The number of fused-ring (bicyclic) bond motifs is 1. The molecule has 4 rings (SSSR count). The van der Waals surface area contributed by atoms with E-state index in [1.54, 1.807) is 29.2 Å². The molecular weight excluding hydrogens is 343 g/mol. The molecule has 126 valence electrons. The van der Waals surface area contributed by atoms with Gasteiger partial charge in [-0.15, -0.1) is 0 Å². The molecule has 2 aromatic heterocycles. The quantitative estimate of drug-likeness (QED) is 0.715. The van der Waals surface area contributed by atoms with Crippen molar-refractivity contribution in [1.29, 1.82) is 0 Å². The Hall–Kier alpha value is -2.73. The van der Waals surface area contributed by atoms with Crippen LogP contribution in [-0.4, -0.2) is 32.5 Å². The second-order valence-electron chi connectivity index (χ2n) is 5.88. The summed E-state index contributed by atoms with van der Waals surface area (Å²) >= 11 is 5.88. The molecule has 1 aliphatic rings. The Bertz CT molecular complexity index is 939. The van der Waals surface area contributed by atoms with Crippen LogP contribution in [0.25, 0.3) is 11.3 Å². The summed E-state index contributed by atoms with van der Waals surface area (Å²) < 4.78 is 13.2. The maximum Gasteiger partial charge on any atom is 0.254 e. The Labute approximate surface area is 148 Å². The summed E-state index contributed by atoms with van der Waals surface area (Å²) in [6.07, 6.45) is 2.21. The number of hydrogen-bond donors (Lipinski definition) is 1. The van der Waals surface area contributed by atoms with Crippen LogP contribution in [0.15, 0.2) is 42.6 Å². The molecule has 0 unspecified atom stereocenters. The SMILES string of the molecule is O=C(c1ccnc(Cl)c1)N1CCc2[nH]nc(-c3ccc(F)cc3)c2C1. The Kier molecular flexibility index (Phi) is 3.97. The lowest BCUT2D eigenvalue weighted by atomic mass is 10.0. The number of amides is 1. The lowest BCUT2D eigenvalue weighted by molar-refractivity contribution is 0.0734. The molecule has 1 aliphatic heterocycles. The number of H-pyrrole nitrogens is 1. The number of carbonyl (C=O) groups excluding carboxylic acids is 1. The van der Waals surface area contributed by atoms with Gasteiger partial charge in [0, 0.05) is 48.1 Å². The van der Waals surface area contributed by atoms with Crippen LogP contribution in [0, 0.1) is 5.82 Å². The van der Waals surface area contributed by atoms with Crippen LogP contribution in [0.4, 0.5) is 4.39 Å². The lowest BCUT2D eigenvalue weighted by Crippen LogP contribution is -2.35. The largest absolute Gasteiger partial charge is 0.334 e. The first-order valence-electron chi connectivity index (χ1n) is 7.85. The van der Waals surface area contributed by atoms with Gasteiger partial charge in [-0.3, -0.25) is 9.89 Å². The van der Waals surface area contributed by atoms with Crippen molar-refractivity contribution in [3.63, 3.8) is 0 Å². The van der Waals surface area contributed by atoms with Crippen molar-refractivity contribution in [3.05, 3.63) is 70.4 Å². The van der Waals surface area contributed by atoms with Gasteiger partial charge in [0.15, 0.2) is 0 Å². The van der Waals surface area contributed by atoms with E-state index < -0.39 is 0 Å². The van der Waals surface area contributed by atoms with Crippen molar-refractivity contribution in [2.45, 2.75) is 13.0 Å². The molecule has 0 saturated heterocycles. The number of benzene rings is 1. The fraction of sp³-hybridized carbons (Fsp3) is 0.167. The van der Waals surface area contributed by atoms with Gasteiger partial charge in [0.1, 0.15) is 11.0 Å². The third-order valence-electron chi connectivity index (χ3n) is 4.31. The van der Waals surface area contributed by atoms with Crippen molar-refractivity contribution in [2.75, 3.05) is 6.54 Å². The van der Waals surface area contributed by atoms with Crippen molar-refractivity contribution in [3.8, 4) is 11.3 Å².